The van der Waals surface area contributed by atoms with Gasteiger partial charge < -0.3 is 0 Å². The van der Waals surface area contributed by atoms with Crippen molar-refractivity contribution in [3.05, 3.63) is 0 Å². The van der Waals surface area contributed by atoms with E-state index in [1.165, 1.54) is 19.3 Å². The smallest absolute Gasteiger partial charge is 0.240 e. The maximum Gasteiger partial charge on any atom is 0.240 e. The van der Waals surface area contributed by atoms with Crippen LogP contribution >= 0.6 is 0 Å². The number of nitrogens with one attached hydrogen (secondary N) is 2. The van der Waals surface area contributed by atoms with Crippen LogP contribution in [0.5, 0.6) is 0 Å². The molecule has 0 heterocycles. The molecule has 4 aliphatic rings. The van der Waals surface area contributed by atoms with Gasteiger partial charge in [0, 0.05) is 5.54 Å². The zero-order valence-corrected chi connectivity index (χ0v) is 11.9. The fourth-order valence-electron chi connectivity index (χ4n) is 4.77. The first-order valence-electron chi connectivity index (χ1n) is 7.44. The third kappa shape index (κ3) is 2.18. The normalized spacial score (nSPS) is 42.1. The Morgan fingerprint density at radius 2 is 1.44 bits per heavy atom. The molecule has 2 N–H and O–H groups in total. The Labute approximate surface area is 110 Å². The summed E-state index contributed by atoms with van der Waals surface area (Å²) in [6.45, 7) is 6.23. The highest BCUT2D eigenvalue weighted by Crippen LogP contribution is 2.59. The van der Waals surface area contributed by atoms with Crippen molar-refractivity contribution in [3.8, 4) is 0 Å². The lowest BCUT2D eigenvalue weighted by Gasteiger charge is -2.55. The second-order valence-electron chi connectivity index (χ2n) is 8.03. The second kappa shape index (κ2) is 3.96. The molecular weight excluding hydrogens is 224 g/mol. The van der Waals surface area contributed by atoms with Crippen molar-refractivity contribution in [2.24, 2.45) is 23.2 Å². The van der Waals surface area contributed by atoms with Crippen molar-refractivity contribution in [1.82, 2.24) is 10.9 Å². The van der Waals surface area contributed by atoms with Gasteiger partial charge in [-0.05, 0) is 77.0 Å². The molecule has 0 saturated heterocycles. The lowest BCUT2D eigenvalue weighted by molar-refractivity contribution is -0.147. The average molecular weight is 250 g/mol. The third-order valence-electron chi connectivity index (χ3n) is 5.07. The SMILES string of the molecule is CC(C)(C)NNC(=O)C12CC3CC(CC(C3)C1)C2. The molecule has 0 aromatic heterocycles. The summed E-state index contributed by atoms with van der Waals surface area (Å²) in [5, 5.41) is 0. The summed E-state index contributed by atoms with van der Waals surface area (Å²) in [6, 6.07) is 0. The van der Waals surface area contributed by atoms with Gasteiger partial charge >= 0.3 is 0 Å². The highest BCUT2D eigenvalue weighted by atomic mass is 16.2. The molecule has 4 bridgehead atoms. The maximum atomic E-state index is 12.6. The molecular formula is C15H26N2O. The number of hydrogen-bond acceptors (Lipinski definition) is 2. The maximum absolute atomic E-state index is 12.6. The van der Waals surface area contributed by atoms with Crippen LogP contribution < -0.4 is 10.9 Å². The standard InChI is InChI=1S/C15H26N2O/c1-14(2,3)17-16-13(18)15-7-10-4-11(8-15)6-12(5-10)9-15/h10-12,17H,4-9H2,1-3H3,(H,16,18). The minimum Gasteiger partial charge on any atom is -0.291 e. The first-order chi connectivity index (χ1) is 8.36. The lowest BCUT2D eigenvalue weighted by atomic mass is 9.49. The molecule has 4 saturated carbocycles. The quantitative estimate of drug-likeness (QED) is 0.740. The molecule has 4 fully saturated rings. The Morgan fingerprint density at radius 1 is 1.00 bits per heavy atom. The first-order valence-corrected chi connectivity index (χ1v) is 7.44. The Hall–Kier alpha value is -0.570. The summed E-state index contributed by atoms with van der Waals surface area (Å²) >= 11 is 0. The Balaban J connectivity index is 1.69. The summed E-state index contributed by atoms with van der Waals surface area (Å²) in [5.41, 5.74) is 6.05. The molecule has 1 amide bonds. The summed E-state index contributed by atoms with van der Waals surface area (Å²) in [5.74, 6) is 2.75. The van der Waals surface area contributed by atoms with Gasteiger partial charge in [0.15, 0.2) is 0 Å². The van der Waals surface area contributed by atoms with Gasteiger partial charge in [-0.2, -0.15) is 0 Å². The molecule has 3 heteroatoms. The van der Waals surface area contributed by atoms with E-state index in [9.17, 15) is 4.79 Å². The lowest BCUT2D eigenvalue weighted by Crippen LogP contribution is -2.58. The van der Waals surface area contributed by atoms with E-state index in [0.29, 0.717) is 0 Å². The van der Waals surface area contributed by atoms with Crippen molar-refractivity contribution < 1.29 is 4.79 Å². The molecule has 18 heavy (non-hydrogen) atoms. The third-order valence-corrected chi connectivity index (χ3v) is 5.07. The molecule has 0 unspecified atom stereocenters. The second-order valence-corrected chi connectivity index (χ2v) is 8.03. The zero-order valence-electron chi connectivity index (χ0n) is 11.9. The predicted octanol–water partition coefficient (Wildman–Crippen LogP) is 2.62. The molecule has 0 aromatic rings. The van der Waals surface area contributed by atoms with E-state index in [4.69, 9.17) is 0 Å². The fourth-order valence-corrected chi connectivity index (χ4v) is 4.77. The molecule has 4 rings (SSSR count). The Bertz CT molecular complexity index is 321. The van der Waals surface area contributed by atoms with E-state index >= 15 is 0 Å². The number of rotatable bonds is 2. The Kier molecular flexibility index (Phi) is 2.74. The topological polar surface area (TPSA) is 41.1 Å². The first kappa shape index (κ1) is 12.5. The fraction of sp³-hybridized carbons (Fsp3) is 0.933. The van der Waals surface area contributed by atoms with E-state index in [1.807, 2.05) is 0 Å². The highest BCUT2D eigenvalue weighted by Gasteiger charge is 2.54. The number of amides is 1. The van der Waals surface area contributed by atoms with E-state index in [0.717, 1.165) is 37.0 Å². The molecule has 0 spiro atoms. The van der Waals surface area contributed by atoms with Gasteiger partial charge in [-0.25, -0.2) is 5.43 Å². The number of carbonyl (C=O) groups is 1. The molecule has 0 aliphatic heterocycles. The molecule has 4 aliphatic carbocycles. The van der Waals surface area contributed by atoms with Crippen LogP contribution in [0.15, 0.2) is 0 Å². The van der Waals surface area contributed by atoms with Gasteiger partial charge in [0.2, 0.25) is 5.91 Å². The van der Waals surface area contributed by atoms with Crippen LogP contribution in [0.4, 0.5) is 0 Å². The van der Waals surface area contributed by atoms with Crippen LogP contribution in [-0.4, -0.2) is 11.4 Å². The largest absolute Gasteiger partial charge is 0.291 e. The van der Waals surface area contributed by atoms with Crippen LogP contribution in [0, 0.1) is 23.2 Å². The summed E-state index contributed by atoms with van der Waals surface area (Å²) in [6.07, 6.45) is 7.57. The van der Waals surface area contributed by atoms with Crippen LogP contribution in [0.3, 0.4) is 0 Å². The highest BCUT2D eigenvalue weighted by molar-refractivity contribution is 5.82. The summed E-state index contributed by atoms with van der Waals surface area (Å²) < 4.78 is 0. The molecule has 3 nitrogen and oxygen atoms in total. The van der Waals surface area contributed by atoms with E-state index < -0.39 is 0 Å². The van der Waals surface area contributed by atoms with Gasteiger partial charge in [0.05, 0.1) is 5.41 Å². The monoisotopic (exact) mass is 250 g/mol. The minimum absolute atomic E-state index is 0.0347. The van der Waals surface area contributed by atoms with Crippen LogP contribution in [-0.2, 0) is 4.79 Å². The van der Waals surface area contributed by atoms with Gasteiger partial charge in [-0.1, -0.05) is 0 Å². The minimum atomic E-state index is -0.0576. The molecule has 0 aromatic carbocycles. The number of carbonyl (C=O) groups excluding carboxylic acids is 1. The molecule has 0 radical (unpaired) electrons. The summed E-state index contributed by atoms with van der Waals surface area (Å²) in [7, 11) is 0. The predicted molar refractivity (Wildman–Crippen MR) is 71.6 cm³/mol. The van der Waals surface area contributed by atoms with Crippen LogP contribution in [0.25, 0.3) is 0 Å². The van der Waals surface area contributed by atoms with Crippen molar-refractivity contribution >= 4 is 5.91 Å². The molecule has 0 atom stereocenters. The van der Waals surface area contributed by atoms with Crippen molar-refractivity contribution in [2.75, 3.05) is 0 Å². The number of hydrogen-bond donors (Lipinski definition) is 2. The molecule has 102 valence electrons. The van der Waals surface area contributed by atoms with E-state index in [-0.39, 0.29) is 16.9 Å². The van der Waals surface area contributed by atoms with E-state index in [2.05, 4.69) is 31.6 Å². The van der Waals surface area contributed by atoms with Crippen LogP contribution in [0.2, 0.25) is 0 Å². The number of hydrazine groups is 1. The average Bonchev–Trinajstić information content (AvgIpc) is 2.22. The van der Waals surface area contributed by atoms with Crippen molar-refractivity contribution in [3.63, 3.8) is 0 Å². The van der Waals surface area contributed by atoms with Gasteiger partial charge in [-0.3, -0.25) is 10.2 Å². The van der Waals surface area contributed by atoms with E-state index in [1.54, 1.807) is 0 Å². The van der Waals surface area contributed by atoms with Gasteiger partial charge in [-0.15, -0.1) is 0 Å². The van der Waals surface area contributed by atoms with Crippen LogP contribution in [0.1, 0.15) is 59.3 Å². The van der Waals surface area contributed by atoms with Gasteiger partial charge in [0.1, 0.15) is 0 Å². The zero-order chi connectivity index (χ0) is 13.0. The Morgan fingerprint density at radius 3 is 1.83 bits per heavy atom. The van der Waals surface area contributed by atoms with Crippen molar-refractivity contribution in [1.29, 1.82) is 0 Å². The van der Waals surface area contributed by atoms with Gasteiger partial charge in [0.25, 0.3) is 0 Å². The summed E-state index contributed by atoms with van der Waals surface area (Å²) in [4.78, 5) is 12.6. The van der Waals surface area contributed by atoms with Crippen molar-refractivity contribution in [2.45, 2.75) is 64.8 Å².